The monoisotopic (exact) mass is 162 g/mol. The first-order chi connectivity index (χ1) is 4.56. The highest BCUT2D eigenvalue weighted by atomic mass is 32.1. The highest BCUT2D eigenvalue weighted by Gasteiger charge is 2.08. The third-order valence-corrected chi connectivity index (χ3v) is 1.30. The molecular formula is C8H18OS. The van der Waals surface area contributed by atoms with Crippen molar-refractivity contribution < 1.29 is 4.74 Å². The molecule has 0 aliphatic heterocycles. The standard InChI is InChI=1S/C8H18OS/c1-8(2,3)7-9-5-4-6-10/h10H,4-7H2,1-3H3. The Hall–Kier alpha value is 0.310. The quantitative estimate of drug-likeness (QED) is 0.493. The van der Waals surface area contributed by atoms with Gasteiger partial charge in [0.1, 0.15) is 0 Å². The van der Waals surface area contributed by atoms with Gasteiger partial charge in [0.25, 0.3) is 0 Å². The van der Waals surface area contributed by atoms with E-state index in [1.807, 2.05) is 0 Å². The molecule has 0 radical (unpaired) electrons. The summed E-state index contributed by atoms with van der Waals surface area (Å²) in [7, 11) is 0. The summed E-state index contributed by atoms with van der Waals surface area (Å²) in [5, 5.41) is 0. The summed E-state index contributed by atoms with van der Waals surface area (Å²) >= 11 is 4.09. The summed E-state index contributed by atoms with van der Waals surface area (Å²) in [6.07, 6.45) is 1.05. The van der Waals surface area contributed by atoms with E-state index in [2.05, 4.69) is 33.4 Å². The minimum absolute atomic E-state index is 0.302. The van der Waals surface area contributed by atoms with Gasteiger partial charge in [-0.05, 0) is 17.6 Å². The highest BCUT2D eigenvalue weighted by Crippen LogP contribution is 2.12. The van der Waals surface area contributed by atoms with Crippen molar-refractivity contribution >= 4 is 12.6 Å². The molecule has 0 aromatic rings. The molecule has 0 rings (SSSR count). The SMILES string of the molecule is CC(C)(C)COCCCS. The van der Waals surface area contributed by atoms with Crippen LogP contribution >= 0.6 is 12.6 Å². The zero-order chi connectivity index (χ0) is 8.04. The van der Waals surface area contributed by atoms with Crippen molar-refractivity contribution in [1.29, 1.82) is 0 Å². The molecule has 0 saturated heterocycles. The Balaban J connectivity index is 3.04. The van der Waals surface area contributed by atoms with Crippen molar-refractivity contribution in [1.82, 2.24) is 0 Å². The van der Waals surface area contributed by atoms with Gasteiger partial charge in [-0.15, -0.1) is 0 Å². The Morgan fingerprint density at radius 3 is 2.30 bits per heavy atom. The Morgan fingerprint density at radius 2 is 1.90 bits per heavy atom. The second kappa shape index (κ2) is 5.03. The molecule has 0 spiro atoms. The van der Waals surface area contributed by atoms with Gasteiger partial charge in [-0.3, -0.25) is 0 Å². The number of rotatable bonds is 4. The minimum atomic E-state index is 0.302. The van der Waals surface area contributed by atoms with E-state index in [-0.39, 0.29) is 0 Å². The summed E-state index contributed by atoms with van der Waals surface area (Å²) in [4.78, 5) is 0. The van der Waals surface area contributed by atoms with E-state index in [0.29, 0.717) is 5.41 Å². The number of hydrogen-bond donors (Lipinski definition) is 1. The Kier molecular flexibility index (Phi) is 5.18. The van der Waals surface area contributed by atoms with E-state index in [1.54, 1.807) is 0 Å². The van der Waals surface area contributed by atoms with E-state index >= 15 is 0 Å². The number of ether oxygens (including phenoxy) is 1. The van der Waals surface area contributed by atoms with E-state index in [0.717, 1.165) is 25.4 Å². The van der Waals surface area contributed by atoms with Crippen molar-refractivity contribution in [3.05, 3.63) is 0 Å². The van der Waals surface area contributed by atoms with Gasteiger partial charge in [-0.1, -0.05) is 20.8 Å². The summed E-state index contributed by atoms with van der Waals surface area (Å²) in [5.41, 5.74) is 0.302. The molecule has 0 aromatic carbocycles. The van der Waals surface area contributed by atoms with Gasteiger partial charge in [0.05, 0.1) is 6.61 Å². The predicted molar refractivity (Wildman–Crippen MR) is 48.7 cm³/mol. The molecule has 0 unspecified atom stereocenters. The van der Waals surface area contributed by atoms with Crippen molar-refractivity contribution in [2.75, 3.05) is 19.0 Å². The molecule has 62 valence electrons. The van der Waals surface area contributed by atoms with Crippen LogP contribution in [0.25, 0.3) is 0 Å². The van der Waals surface area contributed by atoms with Gasteiger partial charge in [-0.2, -0.15) is 12.6 Å². The largest absolute Gasteiger partial charge is 0.381 e. The van der Waals surface area contributed by atoms with Crippen LogP contribution in [-0.4, -0.2) is 19.0 Å². The van der Waals surface area contributed by atoms with Gasteiger partial charge < -0.3 is 4.74 Å². The van der Waals surface area contributed by atoms with Crippen LogP contribution in [0, 0.1) is 5.41 Å². The molecule has 0 heterocycles. The number of thiol groups is 1. The first-order valence-corrected chi connectivity index (χ1v) is 4.38. The van der Waals surface area contributed by atoms with Gasteiger partial charge in [-0.25, -0.2) is 0 Å². The average molecular weight is 162 g/mol. The van der Waals surface area contributed by atoms with Crippen LogP contribution in [0.2, 0.25) is 0 Å². The van der Waals surface area contributed by atoms with Crippen molar-refractivity contribution in [3.63, 3.8) is 0 Å². The van der Waals surface area contributed by atoms with E-state index < -0.39 is 0 Å². The normalized spacial score (nSPS) is 12.0. The van der Waals surface area contributed by atoms with Crippen LogP contribution in [-0.2, 0) is 4.74 Å². The highest BCUT2D eigenvalue weighted by molar-refractivity contribution is 7.80. The smallest absolute Gasteiger partial charge is 0.0514 e. The molecule has 0 atom stereocenters. The van der Waals surface area contributed by atoms with Gasteiger partial charge in [0, 0.05) is 6.61 Å². The van der Waals surface area contributed by atoms with Crippen LogP contribution in [0.15, 0.2) is 0 Å². The topological polar surface area (TPSA) is 9.23 Å². The molecule has 0 bridgehead atoms. The Morgan fingerprint density at radius 1 is 1.30 bits per heavy atom. The third-order valence-electron chi connectivity index (χ3n) is 0.982. The van der Waals surface area contributed by atoms with Crippen LogP contribution in [0.1, 0.15) is 27.2 Å². The lowest BCUT2D eigenvalue weighted by Crippen LogP contribution is -2.15. The molecule has 0 aromatic heterocycles. The van der Waals surface area contributed by atoms with Gasteiger partial charge in [0.2, 0.25) is 0 Å². The fourth-order valence-corrected chi connectivity index (χ4v) is 0.674. The van der Waals surface area contributed by atoms with Crippen LogP contribution in [0.4, 0.5) is 0 Å². The second-order valence-electron chi connectivity index (χ2n) is 3.69. The Bertz CT molecular complexity index is 75.8. The summed E-state index contributed by atoms with van der Waals surface area (Å²) in [6, 6.07) is 0. The summed E-state index contributed by atoms with van der Waals surface area (Å²) in [5.74, 6) is 0.921. The predicted octanol–water partition coefficient (Wildman–Crippen LogP) is 2.37. The fourth-order valence-electron chi connectivity index (χ4n) is 0.545. The maximum atomic E-state index is 5.39. The molecule has 0 aliphatic rings. The van der Waals surface area contributed by atoms with E-state index in [4.69, 9.17) is 4.74 Å². The first kappa shape index (κ1) is 10.3. The molecule has 10 heavy (non-hydrogen) atoms. The number of hydrogen-bond acceptors (Lipinski definition) is 2. The molecule has 0 saturated carbocycles. The maximum Gasteiger partial charge on any atom is 0.0514 e. The minimum Gasteiger partial charge on any atom is -0.381 e. The average Bonchev–Trinajstić information content (AvgIpc) is 1.78. The first-order valence-electron chi connectivity index (χ1n) is 3.75. The second-order valence-corrected chi connectivity index (χ2v) is 4.14. The molecule has 0 fully saturated rings. The molecule has 1 nitrogen and oxygen atoms in total. The van der Waals surface area contributed by atoms with Crippen molar-refractivity contribution in [3.8, 4) is 0 Å². The van der Waals surface area contributed by atoms with Gasteiger partial charge >= 0.3 is 0 Å². The molecule has 0 aliphatic carbocycles. The van der Waals surface area contributed by atoms with Crippen LogP contribution in [0.3, 0.4) is 0 Å². The zero-order valence-corrected chi connectivity index (χ0v) is 8.08. The third kappa shape index (κ3) is 8.31. The molecule has 2 heteroatoms. The molecule has 0 amide bonds. The lowest BCUT2D eigenvalue weighted by atomic mass is 9.99. The summed E-state index contributed by atoms with van der Waals surface area (Å²) in [6.45, 7) is 8.22. The fraction of sp³-hybridized carbons (Fsp3) is 1.00. The van der Waals surface area contributed by atoms with E-state index in [1.165, 1.54) is 0 Å². The van der Waals surface area contributed by atoms with E-state index in [9.17, 15) is 0 Å². The van der Waals surface area contributed by atoms with Crippen LogP contribution < -0.4 is 0 Å². The van der Waals surface area contributed by atoms with Gasteiger partial charge in [0.15, 0.2) is 0 Å². The zero-order valence-electron chi connectivity index (χ0n) is 7.18. The molecule has 0 N–H and O–H groups in total. The van der Waals surface area contributed by atoms with Crippen LogP contribution in [0.5, 0.6) is 0 Å². The van der Waals surface area contributed by atoms with Crippen molar-refractivity contribution in [2.45, 2.75) is 27.2 Å². The summed E-state index contributed by atoms with van der Waals surface area (Å²) < 4.78 is 5.39. The molecular weight excluding hydrogens is 144 g/mol. The Labute approximate surface area is 69.6 Å². The lowest BCUT2D eigenvalue weighted by Gasteiger charge is -2.17. The van der Waals surface area contributed by atoms with Crippen molar-refractivity contribution in [2.24, 2.45) is 5.41 Å². The maximum absolute atomic E-state index is 5.39. The lowest BCUT2D eigenvalue weighted by molar-refractivity contribution is 0.0722.